The Bertz CT molecular complexity index is 735. The summed E-state index contributed by atoms with van der Waals surface area (Å²) in [5, 5.41) is 0. The Morgan fingerprint density at radius 1 is 1.20 bits per heavy atom. The van der Waals surface area contributed by atoms with Crippen LogP contribution in [0.3, 0.4) is 0 Å². The minimum atomic E-state index is -4.09. The minimum absolute atomic E-state index is 0.0945. The average Bonchev–Trinajstić information content (AvgIpc) is 2.43. The van der Waals surface area contributed by atoms with E-state index in [0.717, 1.165) is 12.1 Å². The Morgan fingerprint density at radius 2 is 1.95 bits per heavy atom. The molecule has 106 valence electrons. The van der Waals surface area contributed by atoms with Crippen molar-refractivity contribution in [2.75, 3.05) is 4.72 Å². The first kappa shape index (κ1) is 14.4. The number of pyridine rings is 1. The zero-order valence-corrected chi connectivity index (χ0v) is 11.0. The van der Waals surface area contributed by atoms with Crippen molar-refractivity contribution in [3.05, 3.63) is 53.9 Å². The van der Waals surface area contributed by atoms with Gasteiger partial charge in [0.25, 0.3) is 10.0 Å². The molecule has 1 aromatic heterocycles. The maximum absolute atomic E-state index is 13.5. The standard InChI is InChI=1S/C12H11F2N3O2S/c13-8-3-1-4-9(12(8)14)17-20(18,19)11-5-2-6-16-10(11)7-15/h1-6,17H,7,15H2. The van der Waals surface area contributed by atoms with E-state index in [1.807, 2.05) is 4.72 Å². The molecule has 0 saturated heterocycles. The van der Waals surface area contributed by atoms with Crippen LogP contribution in [0.1, 0.15) is 5.69 Å². The first-order valence-corrected chi connectivity index (χ1v) is 7.05. The van der Waals surface area contributed by atoms with Crippen molar-refractivity contribution < 1.29 is 17.2 Å². The Balaban J connectivity index is 2.44. The summed E-state index contributed by atoms with van der Waals surface area (Å²) in [4.78, 5) is 3.66. The van der Waals surface area contributed by atoms with Crippen LogP contribution in [0, 0.1) is 11.6 Å². The SMILES string of the molecule is NCc1ncccc1S(=O)(=O)Nc1cccc(F)c1F. The molecular weight excluding hydrogens is 288 g/mol. The third kappa shape index (κ3) is 2.75. The number of nitrogens with two attached hydrogens (primary N) is 1. The third-order valence-electron chi connectivity index (χ3n) is 2.53. The largest absolute Gasteiger partial charge is 0.325 e. The molecule has 2 aromatic rings. The Kier molecular flexibility index (Phi) is 3.96. The number of nitrogens with one attached hydrogen (secondary N) is 1. The topological polar surface area (TPSA) is 85.1 Å². The maximum atomic E-state index is 13.5. The lowest BCUT2D eigenvalue weighted by Gasteiger charge is -2.11. The lowest BCUT2D eigenvalue weighted by Crippen LogP contribution is -2.18. The van der Waals surface area contributed by atoms with Gasteiger partial charge < -0.3 is 5.73 Å². The zero-order chi connectivity index (χ0) is 14.8. The second-order valence-corrected chi connectivity index (χ2v) is 5.51. The summed E-state index contributed by atoms with van der Waals surface area (Å²) in [6.07, 6.45) is 1.39. The fourth-order valence-electron chi connectivity index (χ4n) is 1.60. The van der Waals surface area contributed by atoms with Gasteiger partial charge >= 0.3 is 0 Å². The molecule has 8 heteroatoms. The van der Waals surface area contributed by atoms with Crippen LogP contribution in [-0.2, 0) is 16.6 Å². The number of benzene rings is 1. The van der Waals surface area contributed by atoms with Gasteiger partial charge in [0.2, 0.25) is 0 Å². The molecule has 5 nitrogen and oxygen atoms in total. The van der Waals surface area contributed by atoms with Crippen molar-refractivity contribution in [1.82, 2.24) is 4.98 Å². The van der Waals surface area contributed by atoms with Crippen molar-refractivity contribution >= 4 is 15.7 Å². The molecular formula is C12H11F2N3O2S. The van der Waals surface area contributed by atoms with Crippen LogP contribution in [0.25, 0.3) is 0 Å². The summed E-state index contributed by atoms with van der Waals surface area (Å²) in [6, 6.07) is 5.91. The highest BCUT2D eigenvalue weighted by atomic mass is 32.2. The van der Waals surface area contributed by atoms with Crippen molar-refractivity contribution in [1.29, 1.82) is 0 Å². The van der Waals surface area contributed by atoms with Gasteiger partial charge in [-0.3, -0.25) is 9.71 Å². The summed E-state index contributed by atoms with van der Waals surface area (Å²) in [7, 11) is -4.09. The van der Waals surface area contributed by atoms with E-state index in [0.29, 0.717) is 0 Å². The Morgan fingerprint density at radius 3 is 2.65 bits per heavy atom. The number of anilines is 1. The first-order chi connectivity index (χ1) is 9.45. The molecule has 20 heavy (non-hydrogen) atoms. The van der Waals surface area contributed by atoms with E-state index in [-0.39, 0.29) is 17.1 Å². The van der Waals surface area contributed by atoms with E-state index in [1.54, 1.807) is 0 Å². The van der Waals surface area contributed by atoms with Gasteiger partial charge in [0.15, 0.2) is 11.6 Å². The summed E-state index contributed by atoms with van der Waals surface area (Å²) < 4.78 is 52.8. The molecule has 0 aliphatic heterocycles. The highest BCUT2D eigenvalue weighted by Crippen LogP contribution is 2.21. The quantitative estimate of drug-likeness (QED) is 0.898. The number of rotatable bonds is 4. The molecule has 0 radical (unpaired) electrons. The number of nitrogens with zero attached hydrogens (tertiary/aromatic N) is 1. The van der Waals surface area contributed by atoms with Crippen molar-refractivity contribution in [3.63, 3.8) is 0 Å². The molecule has 0 saturated carbocycles. The van der Waals surface area contributed by atoms with Crippen LogP contribution in [0.4, 0.5) is 14.5 Å². The highest BCUT2D eigenvalue weighted by Gasteiger charge is 2.21. The predicted molar refractivity (Wildman–Crippen MR) is 69.3 cm³/mol. The normalized spacial score (nSPS) is 11.3. The minimum Gasteiger partial charge on any atom is -0.325 e. The van der Waals surface area contributed by atoms with Crippen molar-refractivity contribution in [2.45, 2.75) is 11.4 Å². The van der Waals surface area contributed by atoms with Gasteiger partial charge in [-0.05, 0) is 24.3 Å². The molecule has 0 unspecified atom stereocenters. The van der Waals surface area contributed by atoms with Gasteiger partial charge in [-0.1, -0.05) is 6.07 Å². The molecule has 0 bridgehead atoms. The Hall–Kier alpha value is -2.06. The zero-order valence-electron chi connectivity index (χ0n) is 10.2. The molecule has 0 aliphatic rings. The van der Waals surface area contributed by atoms with Crippen LogP contribution in [-0.4, -0.2) is 13.4 Å². The van der Waals surface area contributed by atoms with Crippen LogP contribution in [0.2, 0.25) is 0 Å². The molecule has 2 rings (SSSR count). The molecule has 0 spiro atoms. The number of sulfonamides is 1. The number of hydrogen-bond acceptors (Lipinski definition) is 4. The van der Waals surface area contributed by atoms with E-state index < -0.39 is 27.3 Å². The van der Waals surface area contributed by atoms with Crippen LogP contribution in [0.15, 0.2) is 41.4 Å². The van der Waals surface area contributed by atoms with Gasteiger partial charge in [0.1, 0.15) is 4.90 Å². The second-order valence-electron chi connectivity index (χ2n) is 3.86. The Labute approximate surface area is 114 Å². The van der Waals surface area contributed by atoms with Crippen LogP contribution < -0.4 is 10.5 Å². The summed E-state index contributed by atoms with van der Waals surface area (Å²) in [5.74, 6) is -2.41. The van der Waals surface area contributed by atoms with Crippen LogP contribution >= 0.6 is 0 Å². The molecule has 3 N–H and O–H groups in total. The van der Waals surface area contributed by atoms with Gasteiger partial charge in [-0.25, -0.2) is 17.2 Å². The summed E-state index contributed by atoms with van der Waals surface area (Å²) in [5.41, 5.74) is 5.07. The number of halogens is 2. The molecule has 0 atom stereocenters. The van der Waals surface area contributed by atoms with E-state index in [2.05, 4.69) is 4.98 Å². The van der Waals surface area contributed by atoms with Gasteiger partial charge in [0, 0.05) is 12.7 Å². The lowest BCUT2D eigenvalue weighted by atomic mass is 10.3. The van der Waals surface area contributed by atoms with Gasteiger partial charge in [-0.2, -0.15) is 0 Å². The maximum Gasteiger partial charge on any atom is 0.263 e. The predicted octanol–water partition coefficient (Wildman–Crippen LogP) is 1.62. The molecule has 1 heterocycles. The van der Waals surface area contributed by atoms with E-state index in [4.69, 9.17) is 5.73 Å². The average molecular weight is 299 g/mol. The van der Waals surface area contributed by atoms with Gasteiger partial charge in [-0.15, -0.1) is 0 Å². The lowest BCUT2D eigenvalue weighted by molar-refractivity contribution is 0.511. The van der Waals surface area contributed by atoms with Gasteiger partial charge in [0.05, 0.1) is 11.4 Å². The highest BCUT2D eigenvalue weighted by molar-refractivity contribution is 7.92. The summed E-state index contributed by atoms with van der Waals surface area (Å²) >= 11 is 0. The smallest absolute Gasteiger partial charge is 0.263 e. The second kappa shape index (κ2) is 5.51. The fourth-order valence-corrected chi connectivity index (χ4v) is 2.86. The number of aromatic nitrogens is 1. The van der Waals surface area contributed by atoms with E-state index in [1.165, 1.54) is 24.4 Å². The molecule has 0 aliphatic carbocycles. The fraction of sp³-hybridized carbons (Fsp3) is 0.0833. The van der Waals surface area contributed by atoms with Crippen molar-refractivity contribution in [2.24, 2.45) is 5.73 Å². The van der Waals surface area contributed by atoms with Crippen LogP contribution in [0.5, 0.6) is 0 Å². The molecule has 0 fully saturated rings. The molecule has 1 aromatic carbocycles. The molecule has 0 amide bonds. The summed E-state index contributed by atoms with van der Waals surface area (Å²) in [6.45, 7) is -0.0945. The van der Waals surface area contributed by atoms with E-state index in [9.17, 15) is 17.2 Å². The monoisotopic (exact) mass is 299 g/mol. The third-order valence-corrected chi connectivity index (χ3v) is 3.97. The first-order valence-electron chi connectivity index (χ1n) is 5.56. The number of hydrogen-bond donors (Lipinski definition) is 2. The van der Waals surface area contributed by atoms with Crippen molar-refractivity contribution in [3.8, 4) is 0 Å². The van der Waals surface area contributed by atoms with E-state index >= 15 is 0 Å².